The van der Waals surface area contributed by atoms with Crippen LogP contribution in [0.5, 0.6) is 0 Å². The summed E-state index contributed by atoms with van der Waals surface area (Å²) in [6.45, 7) is 0.247. The molecule has 1 aromatic carbocycles. The Morgan fingerprint density at radius 1 is 1.21 bits per heavy atom. The molecule has 0 radical (unpaired) electrons. The van der Waals surface area contributed by atoms with E-state index in [0.717, 1.165) is 5.52 Å². The third kappa shape index (κ3) is 4.82. The number of nitrogens with zero attached hydrogens (tertiary/aromatic N) is 4. The number of nitriles is 1. The van der Waals surface area contributed by atoms with E-state index in [4.69, 9.17) is 27.9 Å². The molecule has 0 bridgehead atoms. The van der Waals surface area contributed by atoms with Gasteiger partial charge in [0.05, 0.1) is 40.4 Å². The van der Waals surface area contributed by atoms with Gasteiger partial charge in [0.15, 0.2) is 0 Å². The minimum absolute atomic E-state index is 0.202. The lowest BCUT2D eigenvalue weighted by atomic mass is 10.0. The maximum Gasteiger partial charge on any atom is 0.251 e. The van der Waals surface area contributed by atoms with Crippen LogP contribution in [-0.4, -0.2) is 33.6 Å². The number of fused-ring (bicyclic) bond motifs is 1. The van der Waals surface area contributed by atoms with Crippen molar-refractivity contribution < 1.29 is 9.53 Å². The number of pyridine rings is 2. The Labute approximate surface area is 204 Å². The van der Waals surface area contributed by atoms with Crippen LogP contribution in [0.2, 0.25) is 10.0 Å². The van der Waals surface area contributed by atoms with E-state index in [-0.39, 0.29) is 18.1 Å². The summed E-state index contributed by atoms with van der Waals surface area (Å²) in [6.07, 6.45) is 6.70. The maximum absolute atomic E-state index is 13.2. The molecule has 3 heterocycles. The fourth-order valence-corrected chi connectivity index (χ4v) is 4.09. The van der Waals surface area contributed by atoms with E-state index in [1.165, 1.54) is 23.9 Å². The summed E-state index contributed by atoms with van der Waals surface area (Å²) in [5, 5.41) is 12.9. The molecule has 10 heteroatoms. The number of carbonyl (C=O) groups excluding carboxylic acids is 1. The average molecular weight is 496 g/mol. The lowest BCUT2D eigenvalue weighted by Crippen LogP contribution is -2.34. The molecular weight excluding hydrogens is 477 g/mol. The molecule has 4 aromatic rings. The molecule has 0 aliphatic carbocycles. The number of amides is 1. The maximum atomic E-state index is 13.2. The highest BCUT2D eigenvalue weighted by atomic mass is 35.5. The number of benzene rings is 1. The Hall–Kier alpha value is -3.64. The molecule has 0 aliphatic heterocycles. The van der Waals surface area contributed by atoms with E-state index in [1.807, 2.05) is 6.07 Å². The van der Waals surface area contributed by atoms with Crippen molar-refractivity contribution in [3.63, 3.8) is 0 Å². The lowest BCUT2D eigenvalue weighted by molar-refractivity contribution is -0.119. The molecule has 1 atom stereocenters. The van der Waals surface area contributed by atoms with E-state index in [0.29, 0.717) is 27.4 Å². The van der Waals surface area contributed by atoms with Crippen molar-refractivity contribution in [3.8, 4) is 17.2 Å². The van der Waals surface area contributed by atoms with Gasteiger partial charge in [0.2, 0.25) is 5.91 Å². The number of ether oxygens (including phenoxy) is 1. The SMILES string of the molecule is COCCC(C(=O)Nc1ccc2cncn2c1)n1cc(Cl)c(-c2cc(Cl)ccc2C#N)cc1=O. The van der Waals surface area contributed by atoms with Crippen molar-refractivity contribution in [2.45, 2.75) is 12.5 Å². The second-order valence-electron chi connectivity index (χ2n) is 7.51. The summed E-state index contributed by atoms with van der Waals surface area (Å²) < 4.78 is 8.20. The van der Waals surface area contributed by atoms with Crippen LogP contribution in [0.3, 0.4) is 0 Å². The predicted molar refractivity (Wildman–Crippen MR) is 130 cm³/mol. The van der Waals surface area contributed by atoms with Crippen molar-refractivity contribution in [1.82, 2.24) is 14.0 Å². The van der Waals surface area contributed by atoms with Gasteiger partial charge in [-0.1, -0.05) is 23.2 Å². The number of imidazole rings is 1. The molecule has 0 spiro atoms. The highest BCUT2D eigenvalue weighted by molar-refractivity contribution is 6.33. The van der Waals surface area contributed by atoms with Gasteiger partial charge < -0.3 is 19.0 Å². The zero-order valence-electron chi connectivity index (χ0n) is 18.0. The van der Waals surface area contributed by atoms with Crippen LogP contribution in [0.25, 0.3) is 16.6 Å². The fraction of sp³-hybridized carbons (Fsp3) is 0.167. The van der Waals surface area contributed by atoms with Gasteiger partial charge in [-0.3, -0.25) is 9.59 Å². The topological polar surface area (TPSA) is 101 Å². The zero-order valence-corrected chi connectivity index (χ0v) is 19.5. The van der Waals surface area contributed by atoms with E-state index in [1.54, 1.807) is 47.4 Å². The Bertz CT molecular complexity index is 1470. The highest BCUT2D eigenvalue weighted by Gasteiger charge is 2.23. The number of carbonyl (C=O) groups is 1. The number of methoxy groups -OCH3 is 1. The minimum Gasteiger partial charge on any atom is -0.385 e. The minimum atomic E-state index is -0.882. The van der Waals surface area contributed by atoms with Crippen LogP contribution >= 0.6 is 23.2 Å². The molecule has 0 fully saturated rings. The van der Waals surface area contributed by atoms with Crippen molar-refractivity contribution in [3.05, 3.63) is 87.3 Å². The number of anilines is 1. The van der Waals surface area contributed by atoms with Gasteiger partial charge >= 0.3 is 0 Å². The summed E-state index contributed by atoms with van der Waals surface area (Å²) in [7, 11) is 1.52. The van der Waals surface area contributed by atoms with Crippen LogP contribution < -0.4 is 10.9 Å². The van der Waals surface area contributed by atoms with Crippen molar-refractivity contribution in [2.24, 2.45) is 0 Å². The molecule has 0 saturated carbocycles. The average Bonchev–Trinajstić information content (AvgIpc) is 3.29. The van der Waals surface area contributed by atoms with Gasteiger partial charge in [-0.2, -0.15) is 5.26 Å². The Balaban J connectivity index is 1.70. The number of hydrogen-bond acceptors (Lipinski definition) is 5. The second kappa shape index (κ2) is 10.1. The fourth-order valence-electron chi connectivity index (χ4n) is 3.65. The molecule has 1 N–H and O–H groups in total. The van der Waals surface area contributed by atoms with Crippen LogP contribution in [0.4, 0.5) is 5.69 Å². The number of nitrogens with one attached hydrogen (secondary N) is 1. The van der Waals surface area contributed by atoms with Crippen LogP contribution in [0, 0.1) is 11.3 Å². The molecule has 8 nitrogen and oxygen atoms in total. The third-order valence-electron chi connectivity index (χ3n) is 5.33. The van der Waals surface area contributed by atoms with E-state index >= 15 is 0 Å². The first kappa shape index (κ1) is 23.5. The summed E-state index contributed by atoms with van der Waals surface area (Å²) in [4.78, 5) is 30.4. The number of halogens is 2. The van der Waals surface area contributed by atoms with Gasteiger partial charge in [-0.15, -0.1) is 0 Å². The molecule has 34 heavy (non-hydrogen) atoms. The Morgan fingerprint density at radius 3 is 2.79 bits per heavy atom. The van der Waals surface area contributed by atoms with Gasteiger partial charge in [0.1, 0.15) is 6.04 Å². The second-order valence-corrected chi connectivity index (χ2v) is 8.36. The molecule has 3 aromatic heterocycles. The summed E-state index contributed by atoms with van der Waals surface area (Å²) in [5.41, 5.74) is 2.10. The molecule has 4 rings (SSSR count). The molecule has 1 amide bonds. The van der Waals surface area contributed by atoms with Gasteiger partial charge in [-0.05, 0) is 30.3 Å². The predicted octanol–water partition coefficient (Wildman–Crippen LogP) is 4.56. The first-order valence-corrected chi connectivity index (χ1v) is 11.0. The first-order chi connectivity index (χ1) is 16.4. The van der Waals surface area contributed by atoms with Gasteiger partial charge in [-0.25, -0.2) is 4.98 Å². The van der Waals surface area contributed by atoms with Crippen LogP contribution in [0.1, 0.15) is 18.0 Å². The normalized spacial score (nSPS) is 11.8. The monoisotopic (exact) mass is 495 g/mol. The van der Waals surface area contributed by atoms with Crippen molar-refractivity contribution in [1.29, 1.82) is 5.26 Å². The number of rotatable bonds is 7. The van der Waals surface area contributed by atoms with Crippen molar-refractivity contribution in [2.75, 3.05) is 19.0 Å². The summed E-state index contributed by atoms with van der Waals surface area (Å²) in [5.74, 6) is -0.400. The summed E-state index contributed by atoms with van der Waals surface area (Å²) >= 11 is 12.6. The largest absolute Gasteiger partial charge is 0.385 e. The molecular formula is C24H19Cl2N5O3. The molecule has 0 aliphatic rings. The van der Waals surface area contributed by atoms with E-state index in [9.17, 15) is 14.9 Å². The van der Waals surface area contributed by atoms with Gasteiger partial charge in [0.25, 0.3) is 5.56 Å². The van der Waals surface area contributed by atoms with Gasteiger partial charge in [0, 0.05) is 54.7 Å². The third-order valence-corrected chi connectivity index (χ3v) is 5.87. The zero-order chi connectivity index (χ0) is 24.2. The highest BCUT2D eigenvalue weighted by Crippen LogP contribution is 2.32. The lowest BCUT2D eigenvalue weighted by Gasteiger charge is -2.20. The Kier molecular flexibility index (Phi) is 6.98. The van der Waals surface area contributed by atoms with Crippen LogP contribution in [-0.2, 0) is 9.53 Å². The van der Waals surface area contributed by atoms with Crippen molar-refractivity contribution >= 4 is 40.3 Å². The molecule has 0 saturated heterocycles. The molecule has 172 valence electrons. The molecule has 1 unspecified atom stereocenters. The van der Waals surface area contributed by atoms with Crippen LogP contribution in [0.15, 0.2) is 66.1 Å². The van der Waals surface area contributed by atoms with E-state index in [2.05, 4.69) is 16.4 Å². The first-order valence-electron chi connectivity index (χ1n) is 10.2. The van der Waals surface area contributed by atoms with E-state index < -0.39 is 17.5 Å². The Morgan fingerprint density at radius 2 is 2.03 bits per heavy atom. The standard InChI is InChI=1S/C24H19Cl2N5O3/c1-34-7-6-22(24(33)29-17-4-5-18-11-28-14-30(18)12-17)31-13-21(26)20(9-23(31)32)19-8-16(25)3-2-15(19)10-27/h2-5,8-9,11-14,22H,6-7H2,1H3,(H,29,33). The number of aromatic nitrogens is 3. The number of hydrogen-bond donors (Lipinski definition) is 1. The quantitative estimate of drug-likeness (QED) is 0.404. The smallest absolute Gasteiger partial charge is 0.251 e. The summed E-state index contributed by atoms with van der Waals surface area (Å²) in [6, 6.07) is 10.8.